The summed E-state index contributed by atoms with van der Waals surface area (Å²) in [5.74, 6) is -0.768. The maximum absolute atomic E-state index is 13.7. The van der Waals surface area contributed by atoms with E-state index in [9.17, 15) is 9.18 Å². The molecule has 3 nitrogen and oxygen atoms in total. The molecule has 0 radical (unpaired) electrons. The van der Waals surface area contributed by atoms with Crippen molar-refractivity contribution in [3.63, 3.8) is 0 Å². The average molecular weight is 268 g/mol. The molecule has 3 aromatic rings. The summed E-state index contributed by atoms with van der Waals surface area (Å²) in [7, 11) is 0. The number of fused-ring (bicyclic) bond motifs is 1. The van der Waals surface area contributed by atoms with Crippen LogP contribution in [-0.4, -0.2) is 10.9 Å². The molecular formula is C16H13FN2O. The lowest BCUT2D eigenvalue weighted by molar-refractivity contribution is 0.102. The van der Waals surface area contributed by atoms with Crippen LogP contribution in [0.4, 0.5) is 10.1 Å². The molecule has 1 aromatic heterocycles. The molecule has 0 saturated heterocycles. The fraction of sp³-hybridized carbons (Fsp3) is 0.0625. The molecule has 2 N–H and O–H groups in total. The van der Waals surface area contributed by atoms with Crippen LogP contribution in [-0.2, 0) is 0 Å². The minimum absolute atomic E-state index is 0.195. The number of rotatable bonds is 2. The van der Waals surface area contributed by atoms with Gasteiger partial charge in [0.15, 0.2) is 0 Å². The third-order valence-corrected chi connectivity index (χ3v) is 3.20. The highest BCUT2D eigenvalue weighted by Gasteiger charge is 2.13. The number of halogens is 1. The number of hydrogen-bond acceptors (Lipinski definition) is 1. The van der Waals surface area contributed by atoms with E-state index < -0.39 is 5.82 Å². The molecule has 20 heavy (non-hydrogen) atoms. The van der Waals surface area contributed by atoms with Gasteiger partial charge in [-0.05, 0) is 30.7 Å². The van der Waals surface area contributed by atoms with E-state index in [1.54, 1.807) is 18.3 Å². The Morgan fingerprint density at radius 3 is 2.85 bits per heavy atom. The Hall–Kier alpha value is -2.62. The van der Waals surface area contributed by atoms with E-state index in [1.165, 1.54) is 6.07 Å². The van der Waals surface area contributed by atoms with Crippen molar-refractivity contribution in [3.8, 4) is 0 Å². The molecule has 0 bridgehead atoms. The van der Waals surface area contributed by atoms with E-state index in [1.807, 2.05) is 31.2 Å². The Balaban J connectivity index is 1.95. The quantitative estimate of drug-likeness (QED) is 0.728. The Morgan fingerprint density at radius 1 is 1.20 bits per heavy atom. The zero-order chi connectivity index (χ0) is 14.1. The predicted molar refractivity (Wildman–Crippen MR) is 77.4 cm³/mol. The summed E-state index contributed by atoms with van der Waals surface area (Å²) >= 11 is 0. The summed E-state index contributed by atoms with van der Waals surface area (Å²) in [5.41, 5.74) is 2.46. The topological polar surface area (TPSA) is 44.9 Å². The molecule has 1 heterocycles. The highest BCUT2D eigenvalue weighted by atomic mass is 19.1. The number of H-pyrrole nitrogens is 1. The molecular weight excluding hydrogens is 255 g/mol. The molecule has 0 saturated carbocycles. The van der Waals surface area contributed by atoms with Crippen molar-refractivity contribution in [2.24, 2.45) is 0 Å². The van der Waals surface area contributed by atoms with Crippen molar-refractivity contribution >= 4 is 22.5 Å². The van der Waals surface area contributed by atoms with E-state index in [2.05, 4.69) is 10.3 Å². The molecule has 0 spiro atoms. The van der Waals surface area contributed by atoms with Crippen molar-refractivity contribution in [3.05, 3.63) is 65.6 Å². The lowest BCUT2D eigenvalue weighted by Crippen LogP contribution is -2.12. The van der Waals surface area contributed by atoms with Crippen molar-refractivity contribution in [2.75, 3.05) is 5.32 Å². The van der Waals surface area contributed by atoms with E-state index >= 15 is 0 Å². The van der Waals surface area contributed by atoms with Crippen LogP contribution in [0.1, 0.15) is 15.9 Å². The van der Waals surface area contributed by atoms with Gasteiger partial charge in [-0.2, -0.15) is 0 Å². The molecule has 100 valence electrons. The normalized spacial score (nSPS) is 10.7. The van der Waals surface area contributed by atoms with Gasteiger partial charge in [-0.25, -0.2) is 4.39 Å². The second-order valence-corrected chi connectivity index (χ2v) is 4.69. The summed E-state index contributed by atoms with van der Waals surface area (Å²) in [6.07, 6.45) is 1.63. The molecule has 0 unspecified atom stereocenters. The summed E-state index contributed by atoms with van der Waals surface area (Å²) in [4.78, 5) is 15.3. The standard InChI is InChI=1S/C16H13FN2O/c1-10-6-7-13(17)15(8-10)19-16(20)12-9-18-14-5-3-2-4-11(12)14/h2-9,18H,1H3,(H,19,20). The summed E-state index contributed by atoms with van der Waals surface area (Å²) in [5, 5.41) is 3.43. The van der Waals surface area contributed by atoms with Gasteiger partial charge in [-0.1, -0.05) is 24.3 Å². The molecule has 1 amide bonds. The largest absolute Gasteiger partial charge is 0.360 e. The van der Waals surface area contributed by atoms with Gasteiger partial charge in [0.1, 0.15) is 5.82 Å². The highest BCUT2D eigenvalue weighted by molar-refractivity contribution is 6.12. The maximum atomic E-state index is 13.7. The van der Waals surface area contributed by atoms with Gasteiger partial charge in [-0.15, -0.1) is 0 Å². The molecule has 0 aliphatic heterocycles. The lowest BCUT2D eigenvalue weighted by atomic mass is 10.1. The highest BCUT2D eigenvalue weighted by Crippen LogP contribution is 2.21. The second-order valence-electron chi connectivity index (χ2n) is 4.69. The number of para-hydroxylation sites is 1. The number of benzene rings is 2. The molecule has 3 rings (SSSR count). The number of hydrogen-bond donors (Lipinski definition) is 2. The average Bonchev–Trinajstić information content (AvgIpc) is 2.87. The minimum Gasteiger partial charge on any atom is -0.360 e. The van der Waals surface area contributed by atoms with Crippen LogP contribution in [0.25, 0.3) is 10.9 Å². The van der Waals surface area contributed by atoms with Gasteiger partial charge in [0.05, 0.1) is 11.3 Å². The van der Waals surface area contributed by atoms with E-state index in [-0.39, 0.29) is 11.6 Å². The second kappa shape index (κ2) is 4.81. The monoisotopic (exact) mass is 268 g/mol. The van der Waals surface area contributed by atoms with Crippen LogP contribution in [0.15, 0.2) is 48.7 Å². The van der Waals surface area contributed by atoms with E-state index in [0.717, 1.165) is 16.5 Å². The van der Waals surface area contributed by atoms with Gasteiger partial charge in [-0.3, -0.25) is 4.79 Å². The number of amides is 1. The van der Waals surface area contributed by atoms with Crippen LogP contribution in [0.3, 0.4) is 0 Å². The molecule has 0 atom stereocenters. The number of aryl methyl sites for hydroxylation is 1. The van der Waals surface area contributed by atoms with Gasteiger partial charge in [0.2, 0.25) is 0 Å². The number of aromatic nitrogens is 1. The first-order valence-corrected chi connectivity index (χ1v) is 6.29. The first kappa shape index (κ1) is 12.4. The van der Waals surface area contributed by atoms with E-state index in [4.69, 9.17) is 0 Å². The summed E-state index contributed by atoms with van der Waals surface area (Å²) in [6.45, 7) is 1.85. The first-order chi connectivity index (χ1) is 9.65. The zero-order valence-electron chi connectivity index (χ0n) is 10.9. The Kier molecular flexibility index (Phi) is 2.99. The van der Waals surface area contributed by atoms with Gasteiger partial charge < -0.3 is 10.3 Å². The van der Waals surface area contributed by atoms with Crippen molar-refractivity contribution < 1.29 is 9.18 Å². The molecule has 2 aromatic carbocycles. The van der Waals surface area contributed by atoms with Crippen LogP contribution in [0.2, 0.25) is 0 Å². The van der Waals surface area contributed by atoms with Gasteiger partial charge in [0, 0.05) is 17.1 Å². The first-order valence-electron chi connectivity index (χ1n) is 6.29. The number of carbonyl (C=O) groups is 1. The van der Waals surface area contributed by atoms with Crippen molar-refractivity contribution in [2.45, 2.75) is 6.92 Å². The number of anilines is 1. The summed E-state index contributed by atoms with van der Waals surface area (Å²) in [6, 6.07) is 12.1. The Bertz CT molecular complexity index is 792. The minimum atomic E-state index is -0.441. The smallest absolute Gasteiger partial charge is 0.257 e. The van der Waals surface area contributed by atoms with Crippen LogP contribution >= 0.6 is 0 Å². The van der Waals surface area contributed by atoms with Crippen LogP contribution < -0.4 is 5.32 Å². The van der Waals surface area contributed by atoms with E-state index in [0.29, 0.717) is 5.56 Å². The van der Waals surface area contributed by atoms with Crippen LogP contribution in [0.5, 0.6) is 0 Å². The Labute approximate surface area is 115 Å². The SMILES string of the molecule is Cc1ccc(F)c(NC(=O)c2c[nH]c3ccccc23)c1. The lowest BCUT2D eigenvalue weighted by Gasteiger charge is -2.06. The molecule has 4 heteroatoms. The fourth-order valence-corrected chi connectivity index (χ4v) is 2.18. The summed E-state index contributed by atoms with van der Waals surface area (Å²) < 4.78 is 13.7. The molecule has 0 aliphatic rings. The van der Waals surface area contributed by atoms with Gasteiger partial charge in [0.25, 0.3) is 5.91 Å². The molecule has 0 fully saturated rings. The number of carbonyl (C=O) groups excluding carboxylic acids is 1. The van der Waals surface area contributed by atoms with Crippen molar-refractivity contribution in [1.29, 1.82) is 0 Å². The zero-order valence-corrected chi connectivity index (χ0v) is 10.9. The fourth-order valence-electron chi connectivity index (χ4n) is 2.18. The van der Waals surface area contributed by atoms with Crippen LogP contribution in [0, 0.1) is 12.7 Å². The molecule has 0 aliphatic carbocycles. The van der Waals surface area contributed by atoms with Crippen molar-refractivity contribution in [1.82, 2.24) is 4.98 Å². The Morgan fingerprint density at radius 2 is 2.00 bits per heavy atom. The maximum Gasteiger partial charge on any atom is 0.257 e. The predicted octanol–water partition coefficient (Wildman–Crippen LogP) is 3.87. The number of nitrogens with one attached hydrogen (secondary N) is 2. The third kappa shape index (κ3) is 2.16. The van der Waals surface area contributed by atoms with Gasteiger partial charge >= 0.3 is 0 Å². The third-order valence-electron chi connectivity index (χ3n) is 3.20. The number of aromatic amines is 1.